The Hall–Kier alpha value is -2.48. The van der Waals surface area contributed by atoms with Gasteiger partial charge in [0.15, 0.2) is 0 Å². The molecule has 1 rings (SSSR count). The Morgan fingerprint density at radius 3 is 2.42 bits per heavy atom. The van der Waals surface area contributed by atoms with Gasteiger partial charge in [-0.05, 0) is 19.1 Å². The van der Waals surface area contributed by atoms with Crippen molar-refractivity contribution in [1.29, 1.82) is 0 Å². The summed E-state index contributed by atoms with van der Waals surface area (Å²) in [6, 6.07) is 4.50. The van der Waals surface area contributed by atoms with Crippen LogP contribution in [0.4, 0.5) is 11.4 Å². The smallest absolute Gasteiger partial charge is 0.320 e. The van der Waals surface area contributed by atoms with Gasteiger partial charge in [0.25, 0.3) is 5.69 Å². The number of carboxylic acids is 1. The molecule has 3 N–H and O–H groups in total. The van der Waals surface area contributed by atoms with Crippen molar-refractivity contribution in [2.75, 3.05) is 11.9 Å². The fourth-order valence-electron chi connectivity index (χ4n) is 1.20. The molecule has 1 aromatic carbocycles. The number of carbonyl (C=O) groups is 2. The van der Waals surface area contributed by atoms with E-state index in [-0.39, 0.29) is 12.2 Å². The van der Waals surface area contributed by atoms with Crippen molar-refractivity contribution in [3.8, 4) is 0 Å². The molecule has 8 nitrogen and oxygen atoms in total. The third kappa shape index (κ3) is 4.72. The number of aliphatic carboxylic acids is 1. The molecule has 0 heterocycles. The minimum absolute atomic E-state index is 0.0735. The second-order valence-electron chi connectivity index (χ2n) is 3.79. The maximum atomic E-state index is 11.5. The Kier molecular flexibility index (Phi) is 4.95. The van der Waals surface area contributed by atoms with E-state index in [1.165, 1.54) is 31.2 Å². The number of nitro groups is 1. The molecule has 1 atom stereocenters. The van der Waals surface area contributed by atoms with Gasteiger partial charge in [0.2, 0.25) is 5.91 Å². The van der Waals surface area contributed by atoms with E-state index >= 15 is 0 Å². The highest BCUT2D eigenvalue weighted by molar-refractivity contribution is 5.92. The second-order valence-corrected chi connectivity index (χ2v) is 3.79. The number of carbonyl (C=O) groups excluding carboxylic acids is 1. The zero-order valence-corrected chi connectivity index (χ0v) is 10.1. The van der Waals surface area contributed by atoms with Crippen LogP contribution in [-0.2, 0) is 9.59 Å². The Morgan fingerprint density at radius 2 is 1.95 bits per heavy atom. The van der Waals surface area contributed by atoms with Gasteiger partial charge in [-0.1, -0.05) is 0 Å². The number of benzene rings is 1. The highest BCUT2D eigenvalue weighted by atomic mass is 16.6. The summed E-state index contributed by atoms with van der Waals surface area (Å²) in [7, 11) is 0. The maximum Gasteiger partial charge on any atom is 0.320 e. The van der Waals surface area contributed by atoms with Gasteiger partial charge in [-0.3, -0.25) is 25.0 Å². The minimum Gasteiger partial charge on any atom is -0.480 e. The van der Waals surface area contributed by atoms with Crippen molar-refractivity contribution in [3.63, 3.8) is 0 Å². The van der Waals surface area contributed by atoms with Gasteiger partial charge in [-0.15, -0.1) is 0 Å². The van der Waals surface area contributed by atoms with Crippen LogP contribution in [0.5, 0.6) is 0 Å². The molecule has 0 fully saturated rings. The average molecular weight is 267 g/mol. The number of hydrogen-bond donors (Lipinski definition) is 3. The summed E-state index contributed by atoms with van der Waals surface area (Å²) < 4.78 is 0. The van der Waals surface area contributed by atoms with Gasteiger partial charge in [-0.25, -0.2) is 0 Å². The molecule has 0 aliphatic carbocycles. The van der Waals surface area contributed by atoms with Crippen molar-refractivity contribution < 1.29 is 19.6 Å². The molecule has 0 saturated carbocycles. The van der Waals surface area contributed by atoms with Crippen molar-refractivity contribution in [2.45, 2.75) is 13.0 Å². The van der Waals surface area contributed by atoms with Gasteiger partial charge in [-0.2, -0.15) is 0 Å². The Balaban J connectivity index is 2.48. The number of anilines is 1. The van der Waals surface area contributed by atoms with Gasteiger partial charge >= 0.3 is 5.97 Å². The van der Waals surface area contributed by atoms with Crippen LogP contribution in [0.15, 0.2) is 24.3 Å². The van der Waals surface area contributed by atoms with Crippen LogP contribution < -0.4 is 10.6 Å². The standard InChI is InChI=1S/C11H13N3O5/c1-7(11(16)17)12-6-10(15)13-8-2-4-9(5-3-8)14(18)19/h2-5,7,12H,6H2,1H3,(H,13,15)(H,16,17). The average Bonchev–Trinajstić information content (AvgIpc) is 2.36. The van der Waals surface area contributed by atoms with Crippen LogP contribution in [0.1, 0.15) is 6.92 Å². The Labute approximate surface area is 108 Å². The van der Waals surface area contributed by atoms with E-state index < -0.39 is 22.8 Å². The third-order valence-electron chi connectivity index (χ3n) is 2.30. The van der Waals surface area contributed by atoms with Crippen LogP contribution in [0.2, 0.25) is 0 Å². The largest absolute Gasteiger partial charge is 0.480 e. The van der Waals surface area contributed by atoms with Gasteiger partial charge in [0.05, 0.1) is 11.5 Å². The Morgan fingerprint density at radius 1 is 1.37 bits per heavy atom. The van der Waals surface area contributed by atoms with Gasteiger partial charge < -0.3 is 10.4 Å². The van der Waals surface area contributed by atoms with Crippen molar-refractivity contribution in [3.05, 3.63) is 34.4 Å². The summed E-state index contributed by atoms with van der Waals surface area (Å²) in [4.78, 5) is 31.9. The number of hydrogen-bond acceptors (Lipinski definition) is 5. The molecule has 0 aliphatic heterocycles. The lowest BCUT2D eigenvalue weighted by Gasteiger charge is -2.09. The first-order valence-electron chi connectivity index (χ1n) is 5.40. The molecular weight excluding hydrogens is 254 g/mol. The molecule has 8 heteroatoms. The highest BCUT2D eigenvalue weighted by Crippen LogP contribution is 2.14. The predicted octanol–water partition coefficient (Wildman–Crippen LogP) is 0.596. The maximum absolute atomic E-state index is 11.5. The first-order chi connectivity index (χ1) is 8.90. The van der Waals surface area contributed by atoms with E-state index in [4.69, 9.17) is 5.11 Å². The van der Waals surface area contributed by atoms with Gasteiger partial charge in [0.1, 0.15) is 6.04 Å². The summed E-state index contributed by atoms with van der Waals surface area (Å²) in [5, 5.41) is 24.0. The zero-order valence-electron chi connectivity index (χ0n) is 10.1. The quantitative estimate of drug-likeness (QED) is 0.512. The van der Waals surface area contributed by atoms with E-state index in [2.05, 4.69) is 10.6 Å². The second kappa shape index (κ2) is 6.45. The number of amides is 1. The van der Waals surface area contributed by atoms with Crippen LogP contribution in [-0.4, -0.2) is 34.5 Å². The van der Waals surface area contributed by atoms with Crippen molar-refractivity contribution >= 4 is 23.3 Å². The van der Waals surface area contributed by atoms with Crippen molar-refractivity contribution in [2.24, 2.45) is 0 Å². The molecule has 1 amide bonds. The summed E-state index contributed by atoms with van der Waals surface area (Å²) in [5.74, 6) is -1.48. The van der Waals surface area contributed by atoms with E-state index in [9.17, 15) is 19.7 Å². The van der Waals surface area contributed by atoms with E-state index in [0.717, 1.165) is 0 Å². The fourth-order valence-corrected chi connectivity index (χ4v) is 1.20. The molecule has 0 bridgehead atoms. The number of carboxylic acid groups (broad SMARTS) is 1. The normalized spacial score (nSPS) is 11.6. The molecule has 0 radical (unpaired) electrons. The first-order valence-corrected chi connectivity index (χ1v) is 5.40. The monoisotopic (exact) mass is 267 g/mol. The lowest BCUT2D eigenvalue weighted by molar-refractivity contribution is -0.384. The lowest BCUT2D eigenvalue weighted by atomic mass is 10.3. The molecule has 19 heavy (non-hydrogen) atoms. The Bertz CT molecular complexity index is 486. The number of nitro benzene ring substituents is 1. The van der Waals surface area contributed by atoms with Crippen LogP contribution in [0, 0.1) is 10.1 Å². The molecule has 0 spiro atoms. The fraction of sp³-hybridized carbons (Fsp3) is 0.273. The number of rotatable bonds is 6. The predicted molar refractivity (Wildman–Crippen MR) is 66.8 cm³/mol. The minimum atomic E-state index is -1.05. The summed E-state index contributed by atoms with van der Waals surface area (Å²) in [6.45, 7) is 1.26. The lowest BCUT2D eigenvalue weighted by Crippen LogP contribution is -2.39. The first kappa shape index (κ1) is 14.6. The third-order valence-corrected chi connectivity index (χ3v) is 2.30. The molecule has 1 unspecified atom stereocenters. The van der Waals surface area contributed by atoms with E-state index in [1.807, 2.05) is 0 Å². The number of nitrogens with zero attached hydrogens (tertiary/aromatic N) is 1. The topological polar surface area (TPSA) is 122 Å². The molecule has 1 aromatic rings. The highest BCUT2D eigenvalue weighted by Gasteiger charge is 2.12. The number of non-ortho nitro benzene ring substituents is 1. The van der Waals surface area contributed by atoms with Crippen molar-refractivity contribution in [1.82, 2.24) is 5.32 Å². The van der Waals surface area contributed by atoms with E-state index in [1.54, 1.807) is 0 Å². The van der Waals surface area contributed by atoms with Crippen LogP contribution in [0.25, 0.3) is 0 Å². The summed E-state index contributed by atoms with van der Waals surface area (Å²) >= 11 is 0. The SMILES string of the molecule is CC(NCC(=O)Nc1ccc([N+](=O)[O-])cc1)C(=O)O. The summed E-state index contributed by atoms with van der Waals surface area (Å²) in [6.07, 6.45) is 0. The van der Waals surface area contributed by atoms with Crippen LogP contribution >= 0.6 is 0 Å². The van der Waals surface area contributed by atoms with Crippen LogP contribution in [0.3, 0.4) is 0 Å². The zero-order chi connectivity index (χ0) is 14.4. The molecule has 0 aromatic heterocycles. The molecular formula is C11H13N3O5. The summed E-state index contributed by atoms with van der Waals surface area (Å²) in [5.41, 5.74) is 0.330. The number of nitrogens with one attached hydrogen (secondary N) is 2. The molecule has 102 valence electrons. The molecule has 0 saturated heterocycles. The van der Waals surface area contributed by atoms with Gasteiger partial charge in [0, 0.05) is 17.8 Å². The molecule has 0 aliphatic rings. The van der Waals surface area contributed by atoms with E-state index in [0.29, 0.717) is 5.69 Å².